The minimum Gasteiger partial charge on any atom is -0.478 e. The van der Waals surface area contributed by atoms with E-state index in [0.717, 1.165) is 15.9 Å². The zero-order chi connectivity index (χ0) is 14.2. The van der Waals surface area contributed by atoms with E-state index in [1.165, 1.54) is 6.07 Å². The number of carboxylic acids is 1. The van der Waals surface area contributed by atoms with Crippen molar-refractivity contribution in [3.05, 3.63) is 39.6 Å². The van der Waals surface area contributed by atoms with Gasteiger partial charge in [-0.3, -0.25) is 4.68 Å². The van der Waals surface area contributed by atoms with Gasteiger partial charge in [0, 0.05) is 11.5 Å². The van der Waals surface area contributed by atoms with Crippen molar-refractivity contribution in [3.8, 4) is 11.5 Å². The summed E-state index contributed by atoms with van der Waals surface area (Å²) in [7, 11) is 1.81. The number of nitrogens with zero attached hydrogens (tertiary/aromatic N) is 2. The van der Waals surface area contributed by atoms with Crippen LogP contribution in [0.3, 0.4) is 0 Å². The van der Waals surface area contributed by atoms with Crippen LogP contribution in [0.5, 0.6) is 11.5 Å². The van der Waals surface area contributed by atoms with Gasteiger partial charge in [0.15, 0.2) is 5.75 Å². The first-order valence-corrected chi connectivity index (χ1v) is 6.40. The Bertz CT molecular complexity index is 650. The molecule has 0 aliphatic rings. The molecule has 0 bridgehead atoms. The minimum absolute atomic E-state index is 0.117. The van der Waals surface area contributed by atoms with Crippen LogP contribution < -0.4 is 4.74 Å². The van der Waals surface area contributed by atoms with Crippen LogP contribution in [0.1, 0.15) is 21.7 Å². The Balaban J connectivity index is 2.48. The number of rotatable bonds is 3. The Morgan fingerprint density at radius 3 is 2.63 bits per heavy atom. The number of aryl methyl sites for hydroxylation is 2. The number of hydrogen-bond acceptors (Lipinski definition) is 3. The number of carbonyl (C=O) groups is 1. The molecule has 0 saturated heterocycles. The first kappa shape index (κ1) is 13.6. The van der Waals surface area contributed by atoms with Crippen molar-refractivity contribution < 1.29 is 14.6 Å². The number of benzene rings is 1. The largest absolute Gasteiger partial charge is 0.478 e. The molecule has 0 radical (unpaired) electrons. The molecule has 0 saturated carbocycles. The highest BCUT2D eigenvalue weighted by Gasteiger charge is 2.17. The van der Waals surface area contributed by atoms with Crippen molar-refractivity contribution in [2.24, 2.45) is 7.05 Å². The van der Waals surface area contributed by atoms with Crippen LogP contribution in [0.15, 0.2) is 22.7 Å². The summed E-state index contributed by atoms with van der Waals surface area (Å²) >= 11 is 3.31. The van der Waals surface area contributed by atoms with Crippen LogP contribution in [-0.2, 0) is 7.05 Å². The Kier molecular flexibility index (Phi) is 3.61. The summed E-state index contributed by atoms with van der Waals surface area (Å²) in [6, 6.07) is 4.80. The van der Waals surface area contributed by atoms with Gasteiger partial charge in [0.05, 0.1) is 5.69 Å². The predicted octanol–water partition coefficient (Wildman–Crippen LogP) is 3.29. The van der Waals surface area contributed by atoms with Crippen LogP contribution in [0, 0.1) is 13.8 Å². The number of carboxylic acid groups (broad SMARTS) is 1. The molecule has 100 valence electrons. The Hall–Kier alpha value is -1.82. The fourth-order valence-electron chi connectivity index (χ4n) is 1.77. The van der Waals surface area contributed by atoms with Crippen molar-refractivity contribution in [1.29, 1.82) is 0 Å². The SMILES string of the molecule is Cc1nn(C)c(C)c1Oc1cc(Br)ccc1C(=O)O. The standard InChI is InChI=1S/C13H13BrN2O3/c1-7-12(8(2)16(3)15-7)19-11-6-9(14)4-5-10(11)13(17)18/h4-6H,1-3H3,(H,17,18). The molecule has 0 amide bonds. The number of ether oxygens (including phenoxy) is 1. The van der Waals surface area contributed by atoms with E-state index in [1.54, 1.807) is 16.8 Å². The van der Waals surface area contributed by atoms with Crippen LogP contribution in [-0.4, -0.2) is 20.9 Å². The number of halogens is 1. The maximum atomic E-state index is 11.2. The van der Waals surface area contributed by atoms with E-state index in [1.807, 2.05) is 20.9 Å². The smallest absolute Gasteiger partial charge is 0.339 e. The highest BCUT2D eigenvalue weighted by molar-refractivity contribution is 9.10. The molecule has 6 heteroatoms. The first-order valence-electron chi connectivity index (χ1n) is 5.61. The highest BCUT2D eigenvalue weighted by atomic mass is 79.9. The van der Waals surface area contributed by atoms with E-state index in [0.29, 0.717) is 11.5 Å². The Morgan fingerprint density at radius 2 is 2.11 bits per heavy atom. The van der Waals surface area contributed by atoms with Crippen molar-refractivity contribution in [2.45, 2.75) is 13.8 Å². The third-order valence-electron chi connectivity index (χ3n) is 2.83. The lowest BCUT2D eigenvalue weighted by Crippen LogP contribution is -2.00. The molecule has 0 aliphatic heterocycles. The van der Waals surface area contributed by atoms with Gasteiger partial charge in [0.1, 0.15) is 17.0 Å². The predicted molar refractivity (Wildman–Crippen MR) is 73.9 cm³/mol. The summed E-state index contributed by atoms with van der Waals surface area (Å²) in [5.41, 5.74) is 1.68. The quantitative estimate of drug-likeness (QED) is 0.940. The van der Waals surface area contributed by atoms with E-state index in [-0.39, 0.29) is 5.56 Å². The topological polar surface area (TPSA) is 64.4 Å². The van der Waals surface area contributed by atoms with Gasteiger partial charge in [-0.2, -0.15) is 5.10 Å². The number of aromatic carboxylic acids is 1. The van der Waals surface area contributed by atoms with Gasteiger partial charge in [0.25, 0.3) is 0 Å². The molecule has 0 spiro atoms. The molecule has 19 heavy (non-hydrogen) atoms. The molecule has 1 N–H and O–H groups in total. The van der Waals surface area contributed by atoms with Gasteiger partial charge in [0.2, 0.25) is 0 Å². The van der Waals surface area contributed by atoms with Gasteiger partial charge in [-0.15, -0.1) is 0 Å². The van der Waals surface area contributed by atoms with Crippen molar-refractivity contribution in [2.75, 3.05) is 0 Å². The molecule has 2 rings (SSSR count). The van der Waals surface area contributed by atoms with Crippen LogP contribution in [0.25, 0.3) is 0 Å². The summed E-state index contributed by atoms with van der Waals surface area (Å²) in [6.45, 7) is 3.69. The molecule has 2 aromatic rings. The fourth-order valence-corrected chi connectivity index (χ4v) is 2.11. The Labute approximate surface area is 118 Å². The van der Waals surface area contributed by atoms with Gasteiger partial charge < -0.3 is 9.84 Å². The minimum atomic E-state index is -1.03. The van der Waals surface area contributed by atoms with Crippen LogP contribution >= 0.6 is 15.9 Å². The zero-order valence-electron chi connectivity index (χ0n) is 10.8. The van der Waals surface area contributed by atoms with Gasteiger partial charge in [-0.1, -0.05) is 15.9 Å². The second-order valence-electron chi connectivity index (χ2n) is 4.17. The zero-order valence-corrected chi connectivity index (χ0v) is 12.4. The van der Waals surface area contributed by atoms with Crippen molar-refractivity contribution >= 4 is 21.9 Å². The van der Waals surface area contributed by atoms with Crippen molar-refractivity contribution in [1.82, 2.24) is 9.78 Å². The number of hydrogen-bond donors (Lipinski definition) is 1. The summed E-state index contributed by atoms with van der Waals surface area (Å²) in [6.07, 6.45) is 0. The molecule has 0 unspecified atom stereocenters. The summed E-state index contributed by atoms with van der Waals surface area (Å²) in [5.74, 6) is -0.147. The second kappa shape index (κ2) is 5.05. The molecule has 5 nitrogen and oxygen atoms in total. The maximum absolute atomic E-state index is 11.2. The molecule has 1 aromatic carbocycles. The summed E-state index contributed by atoms with van der Waals surface area (Å²) in [5, 5.41) is 13.4. The van der Waals surface area contributed by atoms with E-state index < -0.39 is 5.97 Å². The van der Waals surface area contributed by atoms with Crippen LogP contribution in [0.4, 0.5) is 0 Å². The van der Waals surface area contributed by atoms with E-state index in [9.17, 15) is 4.79 Å². The third kappa shape index (κ3) is 2.63. The Morgan fingerprint density at radius 1 is 1.42 bits per heavy atom. The van der Waals surface area contributed by atoms with E-state index >= 15 is 0 Å². The maximum Gasteiger partial charge on any atom is 0.339 e. The lowest BCUT2D eigenvalue weighted by atomic mass is 10.2. The molecule has 1 aromatic heterocycles. The molecule has 0 fully saturated rings. The van der Waals surface area contributed by atoms with Gasteiger partial charge >= 0.3 is 5.97 Å². The average Bonchev–Trinajstić information content (AvgIpc) is 2.56. The number of aromatic nitrogens is 2. The van der Waals surface area contributed by atoms with E-state index in [4.69, 9.17) is 9.84 Å². The summed E-state index contributed by atoms with van der Waals surface area (Å²) < 4.78 is 8.19. The van der Waals surface area contributed by atoms with Crippen molar-refractivity contribution in [3.63, 3.8) is 0 Å². The molecular weight excluding hydrogens is 312 g/mol. The van der Waals surface area contributed by atoms with Gasteiger partial charge in [-0.05, 0) is 32.0 Å². The van der Waals surface area contributed by atoms with E-state index in [2.05, 4.69) is 21.0 Å². The lowest BCUT2D eigenvalue weighted by molar-refractivity contribution is 0.0694. The van der Waals surface area contributed by atoms with Gasteiger partial charge in [-0.25, -0.2) is 4.79 Å². The first-order chi connectivity index (χ1) is 8.90. The third-order valence-corrected chi connectivity index (χ3v) is 3.32. The molecule has 0 atom stereocenters. The molecular formula is C13H13BrN2O3. The highest BCUT2D eigenvalue weighted by Crippen LogP contribution is 2.32. The van der Waals surface area contributed by atoms with Crippen LogP contribution in [0.2, 0.25) is 0 Å². The second-order valence-corrected chi connectivity index (χ2v) is 5.09. The normalized spacial score (nSPS) is 10.5. The molecule has 0 aliphatic carbocycles. The lowest BCUT2D eigenvalue weighted by Gasteiger charge is -2.09. The molecule has 1 heterocycles. The fraction of sp³-hybridized carbons (Fsp3) is 0.231. The average molecular weight is 325 g/mol. The summed E-state index contributed by atoms with van der Waals surface area (Å²) in [4.78, 5) is 11.2. The monoisotopic (exact) mass is 324 g/mol.